The number of nitrogens with zero attached hydrogens (tertiary/aromatic N) is 1. The van der Waals surface area contributed by atoms with Crippen LogP contribution in [0.4, 0.5) is 11.4 Å². The number of anilines is 2. The molecule has 21 heavy (non-hydrogen) atoms. The van der Waals surface area contributed by atoms with Gasteiger partial charge >= 0.3 is 0 Å². The van der Waals surface area contributed by atoms with Crippen LogP contribution in [0.3, 0.4) is 0 Å². The number of carbonyl (C=O) groups excluding carboxylic acids is 1. The zero-order valence-electron chi connectivity index (χ0n) is 12.0. The Labute approximate surface area is 125 Å². The maximum atomic E-state index is 12.1. The van der Waals surface area contributed by atoms with E-state index in [2.05, 4.69) is 29.2 Å². The average Bonchev–Trinajstić information content (AvgIpc) is 2.56. The number of carbonyl (C=O) groups is 1. The molecule has 0 amide bonds. The molecule has 0 N–H and O–H groups in total. The molecule has 3 rings (SSSR count). The molecule has 0 aliphatic heterocycles. The van der Waals surface area contributed by atoms with Gasteiger partial charge in [-0.1, -0.05) is 36.4 Å². The van der Waals surface area contributed by atoms with E-state index < -0.39 is 0 Å². The van der Waals surface area contributed by atoms with E-state index in [1.807, 2.05) is 42.6 Å². The molecule has 0 saturated heterocycles. The Hall–Kier alpha value is -2.35. The van der Waals surface area contributed by atoms with Gasteiger partial charge in [0.2, 0.25) is 0 Å². The van der Waals surface area contributed by atoms with Gasteiger partial charge in [-0.25, -0.2) is 0 Å². The number of ketones is 1. The van der Waals surface area contributed by atoms with Gasteiger partial charge in [0.25, 0.3) is 0 Å². The molecule has 1 aliphatic carbocycles. The molecule has 0 aromatic heterocycles. The SMILES string of the molecule is O=C1CCCCC1=CN(c1ccccc1)c1ccccc1. The monoisotopic (exact) mass is 277 g/mol. The van der Waals surface area contributed by atoms with Crippen LogP contribution in [0.5, 0.6) is 0 Å². The molecular weight excluding hydrogens is 258 g/mol. The number of hydrogen-bond acceptors (Lipinski definition) is 2. The number of Topliss-reactive ketones (excluding diaryl/α,β-unsaturated/α-hetero) is 1. The Balaban J connectivity index is 2.01. The second-order valence-electron chi connectivity index (χ2n) is 5.33. The molecule has 2 nitrogen and oxygen atoms in total. The third-order valence-corrected chi connectivity index (χ3v) is 3.81. The molecular formula is C19H19NO. The van der Waals surface area contributed by atoms with Gasteiger partial charge in [0.15, 0.2) is 5.78 Å². The fourth-order valence-corrected chi connectivity index (χ4v) is 2.67. The summed E-state index contributed by atoms with van der Waals surface area (Å²) >= 11 is 0. The topological polar surface area (TPSA) is 20.3 Å². The Kier molecular flexibility index (Phi) is 4.15. The van der Waals surface area contributed by atoms with E-state index >= 15 is 0 Å². The molecule has 2 aromatic carbocycles. The predicted octanol–water partition coefficient (Wildman–Crippen LogP) is 4.85. The van der Waals surface area contributed by atoms with Gasteiger partial charge < -0.3 is 4.90 Å². The predicted molar refractivity (Wildman–Crippen MR) is 86.6 cm³/mol. The number of rotatable bonds is 3. The molecule has 1 saturated carbocycles. The third-order valence-electron chi connectivity index (χ3n) is 3.81. The first-order valence-electron chi connectivity index (χ1n) is 7.48. The van der Waals surface area contributed by atoms with Crippen molar-refractivity contribution < 1.29 is 4.79 Å². The van der Waals surface area contributed by atoms with Crippen LogP contribution < -0.4 is 4.90 Å². The van der Waals surface area contributed by atoms with Crippen molar-refractivity contribution in [2.75, 3.05) is 4.90 Å². The number of allylic oxidation sites excluding steroid dienone is 1. The molecule has 2 aromatic rings. The highest BCUT2D eigenvalue weighted by Gasteiger charge is 2.17. The standard InChI is InChI=1S/C19H19NO/c21-19-14-8-7-9-16(19)15-20(17-10-3-1-4-11-17)18-12-5-2-6-13-18/h1-6,10-13,15H,7-9,14H2. The van der Waals surface area contributed by atoms with E-state index in [0.717, 1.165) is 36.2 Å². The fraction of sp³-hybridized carbons (Fsp3) is 0.211. The highest BCUT2D eigenvalue weighted by molar-refractivity contribution is 5.96. The van der Waals surface area contributed by atoms with Gasteiger partial charge in [-0.15, -0.1) is 0 Å². The van der Waals surface area contributed by atoms with E-state index in [-0.39, 0.29) is 5.78 Å². The summed E-state index contributed by atoms with van der Waals surface area (Å²) in [7, 11) is 0. The normalized spacial score (nSPS) is 17.0. The van der Waals surface area contributed by atoms with Gasteiger partial charge in [-0.05, 0) is 43.5 Å². The maximum absolute atomic E-state index is 12.1. The summed E-state index contributed by atoms with van der Waals surface area (Å²) < 4.78 is 0. The summed E-state index contributed by atoms with van der Waals surface area (Å²) in [5.74, 6) is 0.290. The van der Waals surface area contributed by atoms with Crippen molar-refractivity contribution in [1.82, 2.24) is 0 Å². The quantitative estimate of drug-likeness (QED) is 0.747. The van der Waals surface area contributed by atoms with Crippen molar-refractivity contribution in [2.24, 2.45) is 0 Å². The summed E-state index contributed by atoms with van der Waals surface area (Å²) in [5.41, 5.74) is 3.10. The minimum atomic E-state index is 0.290. The van der Waals surface area contributed by atoms with Crippen molar-refractivity contribution >= 4 is 17.2 Å². The fourth-order valence-electron chi connectivity index (χ4n) is 2.67. The van der Waals surface area contributed by atoms with E-state index in [9.17, 15) is 4.79 Å². The van der Waals surface area contributed by atoms with E-state index in [1.165, 1.54) is 0 Å². The van der Waals surface area contributed by atoms with E-state index in [0.29, 0.717) is 6.42 Å². The lowest BCUT2D eigenvalue weighted by Crippen LogP contribution is -2.15. The zero-order chi connectivity index (χ0) is 14.5. The second-order valence-corrected chi connectivity index (χ2v) is 5.33. The Morgan fingerprint density at radius 2 is 1.29 bits per heavy atom. The van der Waals surface area contributed by atoms with E-state index in [4.69, 9.17) is 0 Å². The van der Waals surface area contributed by atoms with Gasteiger partial charge in [-0.3, -0.25) is 4.79 Å². The first-order chi connectivity index (χ1) is 10.3. The number of hydrogen-bond donors (Lipinski definition) is 0. The molecule has 0 unspecified atom stereocenters. The third kappa shape index (κ3) is 3.22. The van der Waals surface area contributed by atoms with Crippen molar-refractivity contribution in [3.63, 3.8) is 0 Å². The minimum Gasteiger partial charge on any atom is -0.317 e. The molecule has 1 aliphatic rings. The smallest absolute Gasteiger partial charge is 0.160 e. The van der Waals surface area contributed by atoms with Crippen LogP contribution in [0.1, 0.15) is 25.7 Å². The van der Waals surface area contributed by atoms with Crippen molar-refractivity contribution in [3.05, 3.63) is 72.4 Å². The van der Waals surface area contributed by atoms with Crippen molar-refractivity contribution in [3.8, 4) is 0 Å². The molecule has 2 heteroatoms. The molecule has 0 heterocycles. The summed E-state index contributed by atoms with van der Waals surface area (Å²) in [4.78, 5) is 14.2. The van der Waals surface area contributed by atoms with Crippen LogP contribution in [-0.2, 0) is 4.79 Å². The van der Waals surface area contributed by atoms with Crippen LogP contribution in [0.2, 0.25) is 0 Å². The Morgan fingerprint density at radius 1 is 0.762 bits per heavy atom. The summed E-state index contributed by atoms with van der Waals surface area (Å²) in [6, 6.07) is 20.4. The number of para-hydroxylation sites is 2. The van der Waals surface area contributed by atoms with Crippen molar-refractivity contribution in [2.45, 2.75) is 25.7 Å². The minimum absolute atomic E-state index is 0.290. The van der Waals surface area contributed by atoms with Crippen LogP contribution >= 0.6 is 0 Å². The highest BCUT2D eigenvalue weighted by Crippen LogP contribution is 2.28. The lowest BCUT2D eigenvalue weighted by Gasteiger charge is -2.23. The molecule has 0 atom stereocenters. The Bertz CT molecular complexity index is 592. The highest BCUT2D eigenvalue weighted by atomic mass is 16.1. The average molecular weight is 277 g/mol. The molecule has 0 spiro atoms. The van der Waals surface area contributed by atoms with E-state index in [1.54, 1.807) is 0 Å². The van der Waals surface area contributed by atoms with Crippen molar-refractivity contribution in [1.29, 1.82) is 0 Å². The first kappa shape index (κ1) is 13.6. The largest absolute Gasteiger partial charge is 0.317 e. The molecule has 106 valence electrons. The Morgan fingerprint density at radius 3 is 1.81 bits per heavy atom. The summed E-state index contributed by atoms with van der Waals surface area (Å²) in [5, 5.41) is 0. The lowest BCUT2D eigenvalue weighted by molar-refractivity contribution is -0.116. The van der Waals surface area contributed by atoms with Crippen LogP contribution in [0.15, 0.2) is 72.4 Å². The van der Waals surface area contributed by atoms with Crippen LogP contribution in [-0.4, -0.2) is 5.78 Å². The van der Waals surface area contributed by atoms with Crippen LogP contribution in [0.25, 0.3) is 0 Å². The lowest BCUT2D eigenvalue weighted by atomic mass is 9.94. The van der Waals surface area contributed by atoms with Gasteiger partial charge in [0, 0.05) is 29.6 Å². The summed E-state index contributed by atoms with van der Waals surface area (Å²) in [6.07, 6.45) is 5.71. The molecule has 0 radical (unpaired) electrons. The maximum Gasteiger partial charge on any atom is 0.160 e. The second kappa shape index (κ2) is 6.40. The number of benzene rings is 2. The molecule has 1 fully saturated rings. The molecule has 0 bridgehead atoms. The zero-order valence-corrected chi connectivity index (χ0v) is 12.0. The first-order valence-corrected chi connectivity index (χ1v) is 7.48. The summed E-state index contributed by atoms with van der Waals surface area (Å²) in [6.45, 7) is 0. The van der Waals surface area contributed by atoms with Gasteiger partial charge in [0.05, 0.1) is 0 Å². The van der Waals surface area contributed by atoms with Gasteiger partial charge in [0.1, 0.15) is 0 Å². The van der Waals surface area contributed by atoms with Crippen LogP contribution in [0, 0.1) is 0 Å². The van der Waals surface area contributed by atoms with Gasteiger partial charge in [-0.2, -0.15) is 0 Å².